The Morgan fingerprint density at radius 2 is 1.65 bits per heavy atom. The van der Waals surface area contributed by atoms with E-state index < -0.39 is 11.3 Å². The number of nitrogens with zero attached hydrogens (tertiary/aromatic N) is 1. The van der Waals surface area contributed by atoms with E-state index in [1.807, 2.05) is 56.3 Å². The number of carbonyl (C=O) groups excluding carboxylic acids is 3. The molecular weight excluding hydrogens is 624 g/mol. The molecule has 4 rings (SSSR count). The number of nitrogens with one attached hydrogen (secondary N) is 4. The van der Waals surface area contributed by atoms with Gasteiger partial charge >= 0.3 is 5.97 Å². The smallest absolute Gasteiger partial charge is 0.316 e. The predicted octanol–water partition coefficient (Wildman–Crippen LogP) is 1.76. The van der Waals surface area contributed by atoms with Crippen LogP contribution in [0, 0.1) is 5.21 Å². The van der Waals surface area contributed by atoms with Gasteiger partial charge in [-0.3, -0.25) is 14.4 Å². The molecule has 0 aliphatic carbocycles. The molecule has 2 aromatic carbocycles. The van der Waals surface area contributed by atoms with Gasteiger partial charge in [0.15, 0.2) is 0 Å². The van der Waals surface area contributed by atoms with E-state index in [9.17, 15) is 19.6 Å². The van der Waals surface area contributed by atoms with Crippen LogP contribution in [0.4, 0.5) is 5.69 Å². The van der Waals surface area contributed by atoms with E-state index in [1.54, 1.807) is 12.1 Å². The van der Waals surface area contributed by atoms with Crippen molar-refractivity contribution in [3.63, 3.8) is 0 Å². The van der Waals surface area contributed by atoms with Gasteiger partial charge in [-0.15, -0.1) is 0 Å². The van der Waals surface area contributed by atoms with Crippen LogP contribution in [0.2, 0.25) is 0 Å². The minimum atomic E-state index is -0.688. The van der Waals surface area contributed by atoms with Crippen molar-refractivity contribution in [3.05, 3.63) is 93.5 Å². The Kier molecular flexibility index (Phi) is 13.9. The second kappa shape index (κ2) is 18.1. The van der Waals surface area contributed by atoms with E-state index in [4.69, 9.17) is 15.2 Å². The van der Waals surface area contributed by atoms with Crippen molar-refractivity contribution in [2.45, 2.75) is 50.9 Å². The topological polar surface area (TPSA) is 163 Å². The maximum absolute atomic E-state index is 14.2. The van der Waals surface area contributed by atoms with Crippen molar-refractivity contribution in [2.75, 3.05) is 66.6 Å². The lowest BCUT2D eigenvalue weighted by Crippen LogP contribution is -2.98. The molecule has 1 fully saturated rings. The summed E-state index contributed by atoms with van der Waals surface area (Å²) in [5.41, 5.74) is 9.43. The number of esters is 1. The zero-order valence-corrected chi connectivity index (χ0v) is 29.2. The molecule has 266 valence electrons. The number of dihydropyridines is 1. The normalized spacial score (nSPS) is 18.4. The molecule has 0 aromatic heterocycles. The first-order valence-corrected chi connectivity index (χ1v) is 17.2. The summed E-state index contributed by atoms with van der Waals surface area (Å²) < 4.78 is 11.1. The number of methoxy groups -OCH3 is 1. The fraction of sp³-hybridized carbons (Fsp3) is 0.486. The predicted molar refractivity (Wildman–Crippen MR) is 189 cm³/mol. The number of piperidine rings is 1. The van der Waals surface area contributed by atoms with E-state index in [2.05, 4.69) is 20.9 Å². The minimum absolute atomic E-state index is 0.0697. The van der Waals surface area contributed by atoms with Crippen LogP contribution in [0.15, 0.2) is 77.1 Å². The first-order chi connectivity index (χ1) is 23.7. The standard InChI is InChI=1S/C37H52N6O6/c1-5-29-32(34(44)39-6-2)31(26-13-15-28(16-14-26)42(3)47)33(30(41-29)25-49-24-19-38)35(45)40-20-10-21-43-22-17-37(18-23-43,36(46)48-4)27-11-8-7-9-12-27/h7-9,11-16,31,41-42H,5-6,10,17-25,38H2,1-4H3,(H,39,44)(H,40,45). The molecule has 12 nitrogen and oxygen atoms in total. The number of carbonyl (C=O) groups is 3. The average Bonchev–Trinajstić information content (AvgIpc) is 3.13. The number of ether oxygens (including phenoxy) is 2. The van der Waals surface area contributed by atoms with Gasteiger partial charge in [0.2, 0.25) is 11.8 Å². The summed E-state index contributed by atoms with van der Waals surface area (Å²) in [4.78, 5) is 43.0. The molecule has 2 amide bonds. The third kappa shape index (κ3) is 8.94. The first kappa shape index (κ1) is 37.7. The molecule has 0 saturated carbocycles. The maximum atomic E-state index is 14.2. The van der Waals surface area contributed by atoms with E-state index in [0.717, 1.165) is 30.8 Å². The molecule has 2 aliphatic heterocycles. The molecule has 49 heavy (non-hydrogen) atoms. The highest BCUT2D eigenvalue weighted by Gasteiger charge is 2.44. The number of hydrogen-bond acceptors (Lipinski definition) is 9. The van der Waals surface area contributed by atoms with Gasteiger partial charge in [0, 0.05) is 36.8 Å². The van der Waals surface area contributed by atoms with Crippen molar-refractivity contribution in [1.29, 1.82) is 0 Å². The largest absolute Gasteiger partial charge is 0.629 e. The number of quaternary nitrogens is 1. The summed E-state index contributed by atoms with van der Waals surface area (Å²) >= 11 is 0. The Hall–Kier alpha value is -4.07. The monoisotopic (exact) mass is 676 g/mol. The van der Waals surface area contributed by atoms with Crippen LogP contribution in [-0.2, 0) is 29.3 Å². The summed E-state index contributed by atoms with van der Waals surface area (Å²) in [5.74, 6) is -1.46. The third-order valence-corrected chi connectivity index (χ3v) is 9.42. The molecule has 6 N–H and O–H groups in total. The number of hydroxylamine groups is 1. The van der Waals surface area contributed by atoms with Gasteiger partial charge in [-0.05, 0) is 75.5 Å². The Bertz CT molecular complexity index is 1480. The fourth-order valence-corrected chi connectivity index (χ4v) is 6.82. The van der Waals surface area contributed by atoms with E-state index in [1.165, 1.54) is 14.2 Å². The van der Waals surface area contributed by atoms with Crippen LogP contribution >= 0.6 is 0 Å². The molecule has 2 heterocycles. The highest BCUT2D eigenvalue weighted by Crippen LogP contribution is 2.40. The zero-order chi connectivity index (χ0) is 35.4. The zero-order valence-electron chi connectivity index (χ0n) is 29.2. The molecule has 2 unspecified atom stereocenters. The van der Waals surface area contributed by atoms with Crippen molar-refractivity contribution in [3.8, 4) is 0 Å². The average molecular weight is 677 g/mol. The second-order valence-electron chi connectivity index (χ2n) is 12.5. The summed E-state index contributed by atoms with van der Waals surface area (Å²) in [6.07, 6.45) is 2.53. The lowest BCUT2D eigenvalue weighted by atomic mass is 9.72. The van der Waals surface area contributed by atoms with Crippen molar-refractivity contribution < 1.29 is 28.9 Å². The van der Waals surface area contributed by atoms with Crippen LogP contribution in [-0.4, -0.2) is 89.3 Å². The van der Waals surface area contributed by atoms with Gasteiger partial charge in [0.05, 0.1) is 44.1 Å². The Morgan fingerprint density at radius 3 is 2.24 bits per heavy atom. The van der Waals surface area contributed by atoms with Gasteiger partial charge in [-0.1, -0.05) is 49.4 Å². The number of nitrogens with two attached hydrogens (primary N) is 1. The van der Waals surface area contributed by atoms with Crippen molar-refractivity contribution in [1.82, 2.24) is 20.9 Å². The van der Waals surface area contributed by atoms with E-state index in [-0.39, 0.29) is 29.5 Å². The molecule has 0 spiro atoms. The SMILES string of the molecule is CCNC(=O)C1=C(CC)NC(COCCN)=C(C(=O)NCCCN2CCC(C(=O)OC)(c3ccccc3)CC2)C1c1ccc([NH+](C)[O-])cc1. The van der Waals surface area contributed by atoms with Gasteiger partial charge < -0.3 is 46.3 Å². The quantitative estimate of drug-likeness (QED) is 0.101. The van der Waals surface area contributed by atoms with Crippen molar-refractivity contribution in [2.24, 2.45) is 5.73 Å². The van der Waals surface area contributed by atoms with Crippen LogP contribution < -0.4 is 26.7 Å². The number of hydrogen-bond donors (Lipinski definition) is 5. The third-order valence-electron chi connectivity index (χ3n) is 9.42. The molecule has 12 heteroatoms. The number of benzene rings is 2. The lowest BCUT2D eigenvalue weighted by Gasteiger charge is -2.40. The van der Waals surface area contributed by atoms with Crippen LogP contribution in [0.25, 0.3) is 0 Å². The number of likely N-dealkylation sites (N-methyl/N-ethyl adjacent to an activating group) is 1. The molecule has 0 radical (unpaired) electrons. The number of allylic oxidation sites excluding steroid dienone is 1. The van der Waals surface area contributed by atoms with E-state index in [0.29, 0.717) is 80.2 Å². The Balaban J connectivity index is 1.52. The van der Waals surface area contributed by atoms with Gasteiger partial charge in [0.25, 0.3) is 0 Å². The molecular formula is C37H52N6O6. The molecule has 2 aromatic rings. The highest BCUT2D eigenvalue weighted by atomic mass is 16.5. The summed E-state index contributed by atoms with van der Waals surface area (Å²) in [5, 5.41) is 21.4. The van der Waals surface area contributed by atoms with Crippen LogP contribution in [0.5, 0.6) is 0 Å². The number of rotatable bonds is 16. The maximum Gasteiger partial charge on any atom is 0.316 e. The minimum Gasteiger partial charge on any atom is -0.629 e. The first-order valence-electron chi connectivity index (χ1n) is 17.2. The molecule has 2 aliphatic rings. The van der Waals surface area contributed by atoms with Crippen molar-refractivity contribution >= 4 is 23.5 Å². The Labute approximate surface area is 289 Å². The summed E-state index contributed by atoms with van der Waals surface area (Å²) in [6.45, 7) is 7.60. The number of amides is 2. The summed E-state index contributed by atoms with van der Waals surface area (Å²) in [6, 6.07) is 16.9. The lowest BCUT2D eigenvalue weighted by molar-refractivity contribution is -0.751. The molecule has 1 saturated heterocycles. The highest BCUT2D eigenvalue weighted by molar-refractivity contribution is 6.04. The van der Waals surface area contributed by atoms with Crippen LogP contribution in [0.1, 0.15) is 56.6 Å². The Morgan fingerprint density at radius 1 is 1.00 bits per heavy atom. The van der Waals surface area contributed by atoms with Gasteiger partial charge in [-0.2, -0.15) is 0 Å². The number of likely N-dealkylation sites (tertiary alicyclic amines) is 1. The molecule has 0 bridgehead atoms. The van der Waals surface area contributed by atoms with Crippen LogP contribution in [0.3, 0.4) is 0 Å². The van der Waals surface area contributed by atoms with Gasteiger partial charge in [0.1, 0.15) is 5.69 Å². The van der Waals surface area contributed by atoms with E-state index >= 15 is 0 Å². The molecule has 2 atom stereocenters. The fourth-order valence-electron chi connectivity index (χ4n) is 6.82. The van der Waals surface area contributed by atoms with Gasteiger partial charge in [-0.25, -0.2) is 0 Å². The second-order valence-corrected chi connectivity index (χ2v) is 12.5. The summed E-state index contributed by atoms with van der Waals surface area (Å²) in [7, 11) is 2.95.